The van der Waals surface area contributed by atoms with Crippen molar-refractivity contribution in [3.05, 3.63) is 46.7 Å². The van der Waals surface area contributed by atoms with Crippen molar-refractivity contribution >= 4 is 29.3 Å². The third-order valence-electron chi connectivity index (χ3n) is 3.23. The van der Waals surface area contributed by atoms with Crippen LogP contribution in [0.3, 0.4) is 0 Å². The van der Waals surface area contributed by atoms with Crippen LogP contribution in [-0.2, 0) is 4.79 Å². The molecule has 0 bridgehead atoms. The van der Waals surface area contributed by atoms with Gasteiger partial charge in [0.05, 0.1) is 14.2 Å². The lowest BCUT2D eigenvalue weighted by Gasteiger charge is -2.07. The Balaban J connectivity index is 1.71. The van der Waals surface area contributed by atoms with Crippen molar-refractivity contribution in [2.24, 2.45) is 0 Å². The Bertz CT molecular complexity index is 887. The lowest BCUT2D eigenvalue weighted by Crippen LogP contribution is -2.07. The molecule has 3 aromatic rings. The maximum absolute atomic E-state index is 11.9. The van der Waals surface area contributed by atoms with E-state index in [1.54, 1.807) is 38.5 Å². The lowest BCUT2D eigenvalue weighted by atomic mass is 10.2. The number of thiophene rings is 1. The van der Waals surface area contributed by atoms with Gasteiger partial charge in [0.25, 0.3) is 5.91 Å². The van der Waals surface area contributed by atoms with Crippen molar-refractivity contribution in [3.8, 4) is 23.0 Å². The van der Waals surface area contributed by atoms with Crippen molar-refractivity contribution in [1.29, 1.82) is 0 Å². The number of benzene rings is 1. The molecule has 7 nitrogen and oxygen atoms in total. The number of hydrogen-bond donors (Lipinski definition) is 1. The van der Waals surface area contributed by atoms with E-state index in [1.807, 2.05) is 17.5 Å². The maximum Gasteiger partial charge on any atom is 0.322 e. The average Bonchev–Trinajstić information content (AvgIpc) is 3.31. The van der Waals surface area contributed by atoms with E-state index in [2.05, 4.69) is 15.5 Å². The zero-order valence-corrected chi connectivity index (χ0v) is 14.4. The monoisotopic (exact) mass is 357 g/mol. The molecule has 0 aliphatic heterocycles. The number of carbonyl (C=O) groups is 1. The first-order chi connectivity index (χ1) is 12.2. The van der Waals surface area contributed by atoms with Gasteiger partial charge in [-0.05, 0) is 35.7 Å². The number of anilines is 1. The quantitative estimate of drug-likeness (QED) is 0.680. The van der Waals surface area contributed by atoms with Gasteiger partial charge in [-0.1, -0.05) is 11.2 Å². The van der Waals surface area contributed by atoms with Crippen LogP contribution in [0.15, 0.2) is 46.2 Å². The summed E-state index contributed by atoms with van der Waals surface area (Å²) in [5, 5.41) is 12.2. The molecule has 1 amide bonds. The number of ether oxygens (including phenoxy) is 2. The number of nitrogens with one attached hydrogen (secondary N) is 1. The fraction of sp³-hybridized carbons (Fsp3) is 0.118. The van der Waals surface area contributed by atoms with E-state index in [-0.39, 0.29) is 17.8 Å². The molecule has 0 aliphatic rings. The summed E-state index contributed by atoms with van der Waals surface area (Å²) in [6.45, 7) is 0. The Morgan fingerprint density at radius 1 is 1.20 bits per heavy atom. The lowest BCUT2D eigenvalue weighted by molar-refractivity contribution is -0.112. The van der Waals surface area contributed by atoms with Gasteiger partial charge in [0.2, 0.25) is 5.89 Å². The molecule has 0 spiro atoms. The second-order valence-electron chi connectivity index (χ2n) is 4.82. The Morgan fingerprint density at radius 2 is 2.04 bits per heavy atom. The van der Waals surface area contributed by atoms with Gasteiger partial charge in [0, 0.05) is 16.5 Å². The molecule has 25 heavy (non-hydrogen) atoms. The van der Waals surface area contributed by atoms with Gasteiger partial charge in [-0.3, -0.25) is 10.1 Å². The van der Waals surface area contributed by atoms with Gasteiger partial charge >= 0.3 is 6.01 Å². The zero-order chi connectivity index (χ0) is 17.6. The van der Waals surface area contributed by atoms with Crippen LogP contribution in [0.2, 0.25) is 0 Å². The third kappa shape index (κ3) is 4.04. The second kappa shape index (κ2) is 7.63. The van der Waals surface area contributed by atoms with Gasteiger partial charge in [0.15, 0.2) is 11.5 Å². The first-order valence-corrected chi connectivity index (χ1v) is 8.16. The minimum absolute atomic E-state index is 0.0191. The Labute approximate surface area is 147 Å². The van der Waals surface area contributed by atoms with Crippen LogP contribution in [0.5, 0.6) is 11.5 Å². The molecule has 1 aromatic carbocycles. The van der Waals surface area contributed by atoms with Crippen molar-refractivity contribution < 1.29 is 18.7 Å². The standard InChI is InChI=1S/C17H15N3O4S/c1-22-13-7-5-11(10-14(13)23-2)16-19-20-17(24-16)18-15(21)8-6-12-4-3-9-25-12/h3-10H,1-2H3,(H,18,20,21). The molecule has 2 heterocycles. The van der Waals surface area contributed by atoms with E-state index < -0.39 is 0 Å². The van der Waals surface area contributed by atoms with E-state index in [1.165, 1.54) is 17.4 Å². The molecular weight excluding hydrogens is 342 g/mol. The van der Waals surface area contributed by atoms with E-state index >= 15 is 0 Å². The van der Waals surface area contributed by atoms with Gasteiger partial charge in [0.1, 0.15) is 0 Å². The Kier molecular flexibility index (Phi) is 5.10. The van der Waals surface area contributed by atoms with E-state index in [4.69, 9.17) is 13.9 Å². The average molecular weight is 357 g/mol. The highest BCUT2D eigenvalue weighted by Crippen LogP contribution is 2.32. The molecule has 0 unspecified atom stereocenters. The molecule has 0 atom stereocenters. The van der Waals surface area contributed by atoms with Gasteiger partial charge in [-0.25, -0.2) is 0 Å². The van der Waals surface area contributed by atoms with Crippen molar-refractivity contribution in [3.63, 3.8) is 0 Å². The summed E-state index contributed by atoms with van der Waals surface area (Å²) < 4.78 is 15.9. The number of methoxy groups -OCH3 is 2. The molecule has 3 rings (SSSR count). The van der Waals surface area contributed by atoms with Crippen LogP contribution in [0.25, 0.3) is 17.5 Å². The van der Waals surface area contributed by atoms with Crippen LogP contribution >= 0.6 is 11.3 Å². The minimum atomic E-state index is -0.351. The molecule has 0 saturated carbocycles. The van der Waals surface area contributed by atoms with E-state index in [0.717, 1.165) is 4.88 Å². The van der Waals surface area contributed by atoms with Gasteiger partial charge in [-0.15, -0.1) is 16.4 Å². The number of rotatable bonds is 6. The predicted octanol–water partition coefficient (Wildman–Crippen LogP) is 3.47. The summed E-state index contributed by atoms with van der Waals surface area (Å²) >= 11 is 1.54. The number of aromatic nitrogens is 2. The molecule has 128 valence electrons. The minimum Gasteiger partial charge on any atom is -0.493 e. The van der Waals surface area contributed by atoms with Crippen LogP contribution < -0.4 is 14.8 Å². The second-order valence-corrected chi connectivity index (χ2v) is 5.80. The predicted molar refractivity (Wildman–Crippen MR) is 94.8 cm³/mol. The smallest absolute Gasteiger partial charge is 0.322 e. The summed E-state index contributed by atoms with van der Waals surface area (Å²) in [6, 6.07) is 9.06. The maximum atomic E-state index is 11.9. The number of hydrogen-bond acceptors (Lipinski definition) is 7. The van der Waals surface area contributed by atoms with Crippen LogP contribution in [0.1, 0.15) is 4.88 Å². The summed E-state index contributed by atoms with van der Waals surface area (Å²) in [4.78, 5) is 12.9. The SMILES string of the molecule is COc1ccc(-c2nnc(NC(=O)C=Cc3cccs3)o2)cc1OC. The summed E-state index contributed by atoms with van der Waals surface area (Å²) in [5.74, 6) is 1.05. The van der Waals surface area contributed by atoms with Crippen molar-refractivity contribution in [2.75, 3.05) is 19.5 Å². The number of nitrogens with zero attached hydrogens (tertiary/aromatic N) is 2. The Hall–Kier alpha value is -3.13. The number of amides is 1. The normalized spacial score (nSPS) is 10.8. The topological polar surface area (TPSA) is 86.5 Å². The molecule has 0 aliphatic carbocycles. The highest BCUT2D eigenvalue weighted by Gasteiger charge is 2.13. The largest absolute Gasteiger partial charge is 0.493 e. The molecule has 8 heteroatoms. The van der Waals surface area contributed by atoms with Crippen molar-refractivity contribution in [2.45, 2.75) is 0 Å². The van der Waals surface area contributed by atoms with Crippen LogP contribution in [0, 0.1) is 0 Å². The highest BCUT2D eigenvalue weighted by molar-refractivity contribution is 7.10. The van der Waals surface area contributed by atoms with Gasteiger partial charge < -0.3 is 13.9 Å². The first-order valence-electron chi connectivity index (χ1n) is 7.28. The summed E-state index contributed by atoms with van der Waals surface area (Å²) in [7, 11) is 3.10. The first kappa shape index (κ1) is 16.7. The third-order valence-corrected chi connectivity index (χ3v) is 4.07. The van der Waals surface area contributed by atoms with E-state index in [9.17, 15) is 4.79 Å². The highest BCUT2D eigenvalue weighted by atomic mass is 32.1. The molecule has 0 saturated heterocycles. The summed E-state index contributed by atoms with van der Waals surface area (Å²) in [6.07, 6.45) is 3.12. The Morgan fingerprint density at radius 3 is 2.76 bits per heavy atom. The van der Waals surface area contributed by atoms with Crippen molar-refractivity contribution in [1.82, 2.24) is 10.2 Å². The molecule has 1 N–H and O–H groups in total. The molecular formula is C17H15N3O4S. The fourth-order valence-electron chi connectivity index (χ4n) is 2.05. The van der Waals surface area contributed by atoms with Gasteiger partial charge in [-0.2, -0.15) is 0 Å². The van der Waals surface area contributed by atoms with E-state index in [0.29, 0.717) is 17.1 Å². The molecule has 0 fully saturated rings. The fourth-order valence-corrected chi connectivity index (χ4v) is 2.67. The summed E-state index contributed by atoms with van der Waals surface area (Å²) in [5.41, 5.74) is 0.653. The number of carbonyl (C=O) groups excluding carboxylic acids is 1. The molecule has 2 aromatic heterocycles. The van der Waals surface area contributed by atoms with Crippen LogP contribution in [-0.4, -0.2) is 30.3 Å². The van der Waals surface area contributed by atoms with Crippen LogP contribution in [0.4, 0.5) is 6.01 Å². The zero-order valence-electron chi connectivity index (χ0n) is 13.6. The molecule has 0 radical (unpaired) electrons.